The molecule has 8 heteroatoms. The number of benzene rings is 4. The molecule has 4 aromatic rings. The fourth-order valence-electron chi connectivity index (χ4n) is 4.16. The molecule has 5 rings (SSSR count). The first-order valence-electron chi connectivity index (χ1n) is 13.1. The highest BCUT2D eigenvalue weighted by atomic mass is 127. The normalized spacial score (nSPS) is 15.1. The van der Waals surface area contributed by atoms with Crippen LogP contribution in [-0.4, -0.2) is 17.7 Å². The smallest absolute Gasteiger partial charge is 0.271 e. The Morgan fingerprint density at radius 2 is 1.59 bits per heavy atom. The van der Waals surface area contributed by atoms with Crippen LogP contribution in [0.1, 0.15) is 29.2 Å². The lowest BCUT2D eigenvalue weighted by molar-refractivity contribution is -0.113. The lowest BCUT2D eigenvalue weighted by Crippen LogP contribution is -2.28. The zero-order valence-electron chi connectivity index (χ0n) is 22.9. The molecule has 1 aliphatic rings. The lowest BCUT2D eigenvalue weighted by Gasteiger charge is -2.16. The zero-order valence-corrected chi connectivity index (χ0v) is 27.4. The number of amidine groups is 1. The van der Waals surface area contributed by atoms with Crippen LogP contribution in [0.3, 0.4) is 0 Å². The van der Waals surface area contributed by atoms with Gasteiger partial charge < -0.3 is 9.47 Å². The van der Waals surface area contributed by atoms with Crippen molar-refractivity contribution in [3.8, 4) is 11.5 Å². The molecule has 4 aromatic carbocycles. The van der Waals surface area contributed by atoms with E-state index in [1.54, 1.807) is 4.90 Å². The quantitative estimate of drug-likeness (QED) is 0.134. The predicted octanol–water partition coefficient (Wildman–Crippen LogP) is 9.46. The summed E-state index contributed by atoms with van der Waals surface area (Å²) in [5.41, 5.74) is 5.77. The Labute approximate surface area is 266 Å². The summed E-state index contributed by atoms with van der Waals surface area (Å²) >= 11 is 7.10. The third-order valence-corrected chi connectivity index (χ3v) is 8.58. The molecule has 41 heavy (non-hydrogen) atoms. The number of halogens is 2. The molecule has 0 aliphatic carbocycles. The molecule has 1 amide bonds. The van der Waals surface area contributed by atoms with Crippen LogP contribution in [-0.2, 0) is 11.4 Å². The number of carbonyl (C=O) groups is 1. The monoisotopic (exact) mass is 738 g/mol. The van der Waals surface area contributed by atoms with E-state index in [4.69, 9.17) is 14.5 Å². The zero-order chi connectivity index (χ0) is 28.9. The number of anilines is 1. The molecule has 0 atom stereocenters. The Bertz CT molecular complexity index is 1620. The molecular formula is C33H28BrIN2O3S. The van der Waals surface area contributed by atoms with Crippen molar-refractivity contribution in [1.29, 1.82) is 0 Å². The molecule has 208 valence electrons. The third kappa shape index (κ3) is 7.23. The summed E-state index contributed by atoms with van der Waals surface area (Å²) in [6, 6.07) is 27.8. The second-order valence-corrected chi connectivity index (χ2v) is 12.6. The molecule has 0 bridgehead atoms. The molecule has 1 aliphatic heterocycles. The highest BCUT2D eigenvalue weighted by Crippen LogP contribution is 2.40. The van der Waals surface area contributed by atoms with E-state index in [1.807, 2.05) is 112 Å². The van der Waals surface area contributed by atoms with Crippen LogP contribution < -0.4 is 14.4 Å². The van der Waals surface area contributed by atoms with Gasteiger partial charge in [-0.1, -0.05) is 63.5 Å². The minimum Gasteiger partial charge on any atom is -0.490 e. The summed E-state index contributed by atoms with van der Waals surface area (Å²) in [6.45, 7) is 6.93. The fourth-order valence-corrected chi connectivity index (χ4v) is 6.21. The van der Waals surface area contributed by atoms with Crippen LogP contribution in [0.4, 0.5) is 11.4 Å². The molecule has 0 radical (unpaired) electrons. The maximum absolute atomic E-state index is 13.8. The third-order valence-electron chi connectivity index (χ3n) is 6.28. The Morgan fingerprint density at radius 1 is 0.927 bits per heavy atom. The number of aliphatic imine (C=N–C) groups is 1. The van der Waals surface area contributed by atoms with E-state index < -0.39 is 0 Å². The average Bonchev–Trinajstić information content (AvgIpc) is 3.25. The molecule has 5 nitrogen and oxygen atoms in total. The Hall–Kier alpha value is -3.08. The van der Waals surface area contributed by atoms with Gasteiger partial charge in [0.15, 0.2) is 16.7 Å². The number of thioether (sulfide) groups is 1. The molecular weight excluding hydrogens is 711 g/mol. The lowest BCUT2D eigenvalue weighted by atomic mass is 10.1. The largest absolute Gasteiger partial charge is 0.490 e. The Morgan fingerprint density at radius 3 is 2.24 bits per heavy atom. The van der Waals surface area contributed by atoms with Gasteiger partial charge in [-0.25, -0.2) is 4.99 Å². The van der Waals surface area contributed by atoms with Crippen molar-refractivity contribution in [2.75, 3.05) is 11.5 Å². The summed E-state index contributed by atoms with van der Waals surface area (Å²) < 4.78 is 14.1. The number of hydrogen-bond acceptors (Lipinski definition) is 5. The van der Waals surface area contributed by atoms with Gasteiger partial charge >= 0.3 is 0 Å². The fraction of sp³-hybridized carbons (Fsp3) is 0.152. The van der Waals surface area contributed by atoms with E-state index in [1.165, 1.54) is 11.8 Å². The van der Waals surface area contributed by atoms with Crippen molar-refractivity contribution in [3.63, 3.8) is 0 Å². The van der Waals surface area contributed by atoms with Crippen molar-refractivity contribution in [3.05, 3.63) is 120 Å². The standard InChI is InChI=1S/C33H28BrIN2O3S/c1-4-39-29-18-24(17-28(35)31(29)40-20-23-9-11-25(34)12-10-23)19-30-32(38)37(27-15-7-22(3)8-16-27)33(41-30)36-26-13-5-21(2)6-14-26/h5-19H,4,20H2,1-3H3/b30-19-,36-33?. The Balaban J connectivity index is 1.48. The van der Waals surface area contributed by atoms with E-state index in [9.17, 15) is 4.79 Å². The summed E-state index contributed by atoms with van der Waals surface area (Å²) in [6.07, 6.45) is 1.90. The topological polar surface area (TPSA) is 51.1 Å². The van der Waals surface area contributed by atoms with Gasteiger partial charge in [-0.2, -0.15) is 0 Å². The van der Waals surface area contributed by atoms with Gasteiger partial charge in [-0.05, 0) is 121 Å². The van der Waals surface area contributed by atoms with E-state index in [0.717, 1.165) is 41.7 Å². The van der Waals surface area contributed by atoms with Gasteiger partial charge in [0.25, 0.3) is 5.91 Å². The SMILES string of the molecule is CCOc1cc(/C=C2\SC(=Nc3ccc(C)cc3)N(c3ccc(C)cc3)C2=O)cc(I)c1OCc1ccc(Br)cc1. The van der Waals surface area contributed by atoms with E-state index in [2.05, 4.69) is 38.5 Å². The summed E-state index contributed by atoms with van der Waals surface area (Å²) in [4.78, 5) is 20.9. The minimum atomic E-state index is -0.117. The number of rotatable bonds is 8. The van der Waals surface area contributed by atoms with Crippen molar-refractivity contribution < 1.29 is 14.3 Å². The first-order chi connectivity index (χ1) is 19.8. The van der Waals surface area contributed by atoms with Crippen molar-refractivity contribution in [2.45, 2.75) is 27.4 Å². The average molecular weight is 739 g/mol. The van der Waals surface area contributed by atoms with Gasteiger partial charge in [-0.3, -0.25) is 9.69 Å². The number of ether oxygens (including phenoxy) is 2. The number of nitrogens with zero attached hydrogens (tertiary/aromatic N) is 2. The maximum Gasteiger partial charge on any atom is 0.271 e. The highest BCUT2D eigenvalue weighted by molar-refractivity contribution is 14.1. The van der Waals surface area contributed by atoms with Crippen LogP contribution in [0.5, 0.6) is 11.5 Å². The molecule has 1 saturated heterocycles. The van der Waals surface area contributed by atoms with Gasteiger partial charge in [0, 0.05) is 4.47 Å². The molecule has 1 fully saturated rings. The number of carbonyl (C=O) groups excluding carboxylic acids is 1. The molecule has 0 unspecified atom stereocenters. The van der Waals surface area contributed by atoms with Gasteiger partial charge in [0.1, 0.15) is 6.61 Å². The van der Waals surface area contributed by atoms with Crippen LogP contribution in [0.2, 0.25) is 0 Å². The number of amides is 1. The minimum absolute atomic E-state index is 0.117. The summed E-state index contributed by atoms with van der Waals surface area (Å²) in [5.74, 6) is 1.21. The number of hydrogen-bond donors (Lipinski definition) is 0. The second kappa shape index (κ2) is 13.3. The van der Waals surface area contributed by atoms with E-state index in [-0.39, 0.29) is 5.91 Å². The first kappa shape index (κ1) is 29.4. The van der Waals surface area contributed by atoms with E-state index in [0.29, 0.717) is 34.8 Å². The maximum atomic E-state index is 13.8. The van der Waals surface area contributed by atoms with E-state index >= 15 is 0 Å². The molecule has 0 aromatic heterocycles. The van der Waals surface area contributed by atoms with Crippen LogP contribution in [0.15, 0.2) is 99.3 Å². The van der Waals surface area contributed by atoms with Crippen LogP contribution in [0.25, 0.3) is 6.08 Å². The summed E-state index contributed by atoms with van der Waals surface area (Å²) in [7, 11) is 0. The molecule has 1 heterocycles. The highest BCUT2D eigenvalue weighted by Gasteiger charge is 2.35. The second-order valence-electron chi connectivity index (χ2n) is 9.49. The molecule has 0 saturated carbocycles. The predicted molar refractivity (Wildman–Crippen MR) is 181 cm³/mol. The first-order valence-corrected chi connectivity index (χ1v) is 15.8. The van der Waals surface area contributed by atoms with Crippen molar-refractivity contribution in [2.24, 2.45) is 4.99 Å². The van der Waals surface area contributed by atoms with Crippen molar-refractivity contribution >= 4 is 78.8 Å². The number of aryl methyl sites for hydroxylation is 2. The summed E-state index contributed by atoms with van der Waals surface area (Å²) in [5, 5.41) is 0.614. The van der Waals surface area contributed by atoms with Gasteiger partial charge in [0.2, 0.25) is 0 Å². The van der Waals surface area contributed by atoms with Crippen molar-refractivity contribution in [1.82, 2.24) is 0 Å². The molecule has 0 spiro atoms. The Kier molecular flexibility index (Phi) is 9.52. The molecule has 0 N–H and O–H groups in total. The van der Waals surface area contributed by atoms with Gasteiger partial charge in [-0.15, -0.1) is 0 Å². The van der Waals surface area contributed by atoms with Gasteiger partial charge in [0.05, 0.1) is 26.5 Å². The van der Waals surface area contributed by atoms with Crippen LogP contribution in [0, 0.1) is 17.4 Å². The van der Waals surface area contributed by atoms with Crippen LogP contribution >= 0.6 is 50.3 Å².